The van der Waals surface area contributed by atoms with Gasteiger partial charge in [0.15, 0.2) is 0 Å². The minimum Gasteiger partial charge on any atom is -0.464 e. The van der Waals surface area contributed by atoms with Crippen molar-refractivity contribution >= 4 is 23.3 Å². The summed E-state index contributed by atoms with van der Waals surface area (Å²) in [6, 6.07) is 4.71. The van der Waals surface area contributed by atoms with Gasteiger partial charge in [-0.2, -0.15) is 10.2 Å². The molecule has 1 atom stereocenters. The molecule has 1 aromatic rings. The number of carbonyl (C=O) groups is 1. The zero-order chi connectivity index (χ0) is 12.5. The lowest BCUT2D eigenvalue weighted by Crippen LogP contribution is -2.26. The van der Waals surface area contributed by atoms with Gasteiger partial charge in [-0.25, -0.2) is 9.78 Å². The number of azo groups is 1. The monoisotopic (exact) mass is 252 g/mol. The number of esters is 1. The van der Waals surface area contributed by atoms with Crippen molar-refractivity contribution in [1.29, 1.82) is 5.41 Å². The third kappa shape index (κ3) is 1.91. The van der Waals surface area contributed by atoms with E-state index in [1.165, 1.54) is 13.2 Å². The SMILES string of the molecule is COC(=O)c1cccc(C2(Cl)N=NCC2=N)n1. The van der Waals surface area contributed by atoms with Crippen LogP contribution in [0.5, 0.6) is 0 Å². The highest BCUT2D eigenvalue weighted by Gasteiger charge is 2.40. The Morgan fingerprint density at radius 2 is 2.35 bits per heavy atom. The van der Waals surface area contributed by atoms with Gasteiger partial charge in [0.25, 0.3) is 0 Å². The van der Waals surface area contributed by atoms with Gasteiger partial charge in [-0.1, -0.05) is 17.7 Å². The third-order valence-corrected chi connectivity index (χ3v) is 2.82. The highest BCUT2D eigenvalue weighted by atomic mass is 35.5. The summed E-state index contributed by atoms with van der Waals surface area (Å²) >= 11 is 6.17. The fraction of sp³-hybridized carbons (Fsp3) is 0.300. The molecule has 0 saturated heterocycles. The summed E-state index contributed by atoms with van der Waals surface area (Å²) in [5.74, 6) is -0.561. The number of aromatic nitrogens is 1. The van der Waals surface area contributed by atoms with Crippen molar-refractivity contribution < 1.29 is 9.53 Å². The molecule has 2 heterocycles. The van der Waals surface area contributed by atoms with Crippen LogP contribution >= 0.6 is 11.6 Å². The van der Waals surface area contributed by atoms with Crippen LogP contribution < -0.4 is 0 Å². The first-order valence-electron chi connectivity index (χ1n) is 4.79. The van der Waals surface area contributed by atoms with E-state index in [4.69, 9.17) is 17.0 Å². The first-order valence-corrected chi connectivity index (χ1v) is 5.17. The van der Waals surface area contributed by atoms with Gasteiger partial charge >= 0.3 is 5.97 Å². The van der Waals surface area contributed by atoms with Crippen molar-refractivity contribution in [3.05, 3.63) is 29.6 Å². The first-order chi connectivity index (χ1) is 8.08. The molecule has 2 rings (SSSR count). The van der Waals surface area contributed by atoms with Crippen molar-refractivity contribution in [3.8, 4) is 0 Å². The van der Waals surface area contributed by atoms with Crippen LogP contribution in [0.2, 0.25) is 0 Å². The summed E-state index contributed by atoms with van der Waals surface area (Å²) < 4.78 is 4.56. The Morgan fingerprint density at radius 3 is 2.94 bits per heavy atom. The van der Waals surface area contributed by atoms with Gasteiger partial charge < -0.3 is 10.1 Å². The molecule has 1 aromatic heterocycles. The van der Waals surface area contributed by atoms with Crippen LogP contribution in [0, 0.1) is 5.41 Å². The van der Waals surface area contributed by atoms with E-state index in [1.807, 2.05) is 0 Å². The molecule has 0 aromatic carbocycles. The number of halogens is 1. The van der Waals surface area contributed by atoms with Crippen molar-refractivity contribution in [2.45, 2.75) is 5.00 Å². The number of hydrogen-bond donors (Lipinski definition) is 1. The molecule has 0 bridgehead atoms. The van der Waals surface area contributed by atoms with Gasteiger partial charge in [-0.15, -0.1) is 0 Å². The lowest BCUT2D eigenvalue weighted by Gasteiger charge is -2.16. The lowest BCUT2D eigenvalue weighted by atomic mass is 10.1. The number of carbonyl (C=O) groups excluding carboxylic acids is 1. The van der Waals surface area contributed by atoms with Gasteiger partial charge in [-0.3, -0.25) is 0 Å². The van der Waals surface area contributed by atoms with Crippen LogP contribution in [0.25, 0.3) is 0 Å². The first kappa shape index (κ1) is 11.7. The molecule has 7 heteroatoms. The Hall–Kier alpha value is -1.82. The van der Waals surface area contributed by atoms with Gasteiger partial charge in [0.2, 0.25) is 5.00 Å². The summed E-state index contributed by atoms with van der Waals surface area (Å²) in [4.78, 5) is 14.0. The Labute approximate surface area is 102 Å². The molecule has 17 heavy (non-hydrogen) atoms. The number of hydrogen-bond acceptors (Lipinski definition) is 6. The Kier molecular flexibility index (Phi) is 2.89. The highest BCUT2D eigenvalue weighted by molar-refractivity contribution is 6.36. The molecule has 0 amide bonds. The number of pyridine rings is 1. The Bertz CT molecular complexity index is 517. The zero-order valence-electron chi connectivity index (χ0n) is 8.98. The third-order valence-electron chi connectivity index (χ3n) is 2.32. The van der Waals surface area contributed by atoms with E-state index in [1.54, 1.807) is 12.1 Å². The molecule has 1 aliphatic rings. The molecule has 6 nitrogen and oxygen atoms in total. The van der Waals surface area contributed by atoms with Gasteiger partial charge in [0.1, 0.15) is 12.2 Å². The Balaban J connectivity index is 2.43. The minimum absolute atomic E-state index is 0.125. The molecule has 0 radical (unpaired) electrons. The summed E-state index contributed by atoms with van der Waals surface area (Å²) in [5, 5.41) is 15.2. The molecule has 0 aliphatic carbocycles. The average molecular weight is 253 g/mol. The van der Waals surface area contributed by atoms with Gasteiger partial charge in [0.05, 0.1) is 18.5 Å². The predicted octanol–water partition coefficient (Wildman–Crippen LogP) is 1.75. The van der Waals surface area contributed by atoms with Crippen LogP contribution in [0.15, 0.2) is 28.4 Å². The number of nitrogens with zero attached hydrogens (tertiary/aromatic N) is 3. The smallest absolute Gasteiger partial charge is 0.356 e. The number of methoxy groups -OCH3 is 1. The van der Waals surface area contributed by atoms with Crippen molar-refractivity contribution in [2.24, 2.45) is 10.2 Å². The minimum atomic E-state index is -1.38. The second-order valence-corrected chi connectivity index (χ2v) is 3.95. The predicted molar refractivity (Wildman–Crippen MR) is 60.6 cm³/mol. The molecular formula is C10H9ClN4O2. The average Bonchev–Trinajstić information content (AvgIpc) is 2.70. The standard InChI is InChI=1S/C10H9ClN4O2/c1-17-9(16)6-3-2-4-8(14-6)10(11)7(12)5-13-15-10/h2-4,12H,5H2,1H3. The number of alkyl halides is 1. The van der Waals surface area contributed by atoms with E-state index in [0.29, 0.717) is 5.69 Å². The maximum Gasteiger partial charge on any atom is 0.356 e. The van der Waals surface area contributed by atoms with Gasteiger partial charge in [0, 0.05) is 0 Å². The maximum atomic E-state index is 11.3. The zero-order valence-corrected chi connectivity index (χ0v) is 9.73. The van der Waals surface area contributed by atoms with Crippen molar-refractivity contribution in [2.75, 3.05) is 13.7 Å². The van der Waals surface area contributed by atoms with Gasteiger partial charge in [-0.05, 0) is 12.1 Å². The second-order valence-electron chi connectivity index (χ2n) is 3.40. The van der Waals surface area contributed by atoms with Crippen LogP contribution in [-0.4, -0.2) is 30.3 Å². The van der Waals surface area contributed by atoms with E-state index in [2.05, 4.69) is 19.9 Å². The van der Waals surface area contributed by atoms with Crippen LogP contribution in [0.1, 0.15) is 16.2 Å². The summed E-state index contributed by atoms with van der Waals surface area (Å²) in [6.07, 6.45) is 0. The second kappa shape index (κ2) is 4.21. The summed E-state index contributed by atoms with van der Waals surface area (Å²) in [6.45, 7) is 0.146. The number of rotatable bonds is 2. The number of nitrogens with one attached hydrogen (secondary N) is 1. The van der Waals surface area contributed by atoms with Crippen LogP contribution in [-0.2, 0) is 9.73 Å². The van der Waals surface area contributed by atoms with Crippen LogP contribution in [0.3, 0.4) is 0 Å². The van der Waals surface area contributed by atoms with E-state index in [-0.39, 0.29) is 18.0 Å². The fourth-order valence-corrected chi connectivity index (χ4v) is 1.63. The molecule has 88 valence electrons. The van der Waals surface area contributed by atoms with Crippen molar-refractivity contribution in [3.63, 3.8) is 0 Å². The largest absolute Gasteiger partial charge is 0.464 e. The van der Waals surface area contributed by atoms with E-state index in [0.717, 1.165) is 0 Å². The fourth-order valence-electron chi connectivity index (χ4n) is 1.41. The molecular weight excluding hydrogens is 244 g/mol. The topological polar surface area (TPSA) is 87.8 Å². The molecule has 0 saturated carbocycles. The normalized spacial score (nSPS) is 22.8. The quantitative estimate of drug-likeness (QED) is 0.494. The molecule has 0 fully saturated rings. The molecule has 1 unspecified atom stereocenters. The Morgan fingerprint density at radius 1 is 1.59 bits per heavy atom. The summed E-state index contributed by atoms with van der Waals surface area (Å²) in [5.41, 5.74) is 0.557. The maximum absolute atomic E-state index is 11.3. The highest BCUT2D eigenvalue weighted by Crippen LogP contribution is 2.34. The van der Waals surface area contributed by atoms with E-state index in [9.17, 15) is 4.79 Å². The lowest BCUT2D eigenvalue weighted by molar-refractivity contribution is 0.0593. The molecule has 1 aliphatic heterocycles. The van der Waals surface area contributed by atoms with E-state index >= 15 is 0 Å². The molecule has 1 N–H and O–H groups in total. The molecule has 0 spiro atoms. The van der Waals surface area contributed by atoms with Crippen molar-refractivity contribution in [1.82, 2.24) is 4.98 Å². The number of ether oxygens (including phenoxy) is 1. The van der Waals surface area contributed by atoms with Crippen LogP contribution in [0.4, 0.5) is 0 Å². The summed E-state index contributed by atoms with van der Waals surface area (Å²) in [7, 11) is 1.27. The van der Waals surface area contributed by atoms with E-state index < -0.39 is 11.0 Å².